The molecule has 6 heteroatoms. The predicted molar refractivity (Wildman–Crippen MR) is 65.0 cm³/mol. The van der Waals surface area contributed by atoms with E-state index in [1.54, 1.807) is 32.1 Å². The maximum absolute atomic E-state index is 12.3. The highest BCUT2D eigenvalue weighted by Crippen LogP contribution is 2.24. The summed E-state index contributed by atoms with van der Waals surface area (Å²) in [6, 6.07) is -0.719. The van der Waals surface area contributed by atoms with Crippen LogP contribution in [0.15, 0.2) is 24.3 Å². The van der Waals surface area contributed by atoms with Crippen molar-refractivity contribution in [1.29, 1.82) is 0 Å². The Morgan fingerprint density at radius 3 is 2.31 bits per heavy atom. The minimum Gasteiger partial charge on any atom is -0.322 e. The fourth-order valence-corrected chi connectivity index (χ4v) is 3.50. The molecule has 0 aliphatic heterocycles. The lowest BCUT2D eigenvalue weighted by Gasteiger charge is -2.36. The second-order valence-corrected chi connectivity index (χ2v) is 5.89. The van der Waals surface area contributed by atoms with Gasteiger partial charge in [0.15, 0.2) is 4.87 Å². The first-order chi connectivity index (χ1) is 7.40. The van der Waals surface area contributed by atoms with Crippen LogP contribution in [-0.4, -0.2) is 36.7 Å². The Balaban J connectivity index is 3.17. The molecule has 5 nitrogen and oxygen atoms in total. The molecule has 1 rings (SSSR count). The van der Waals surface area contributed by atoms with E-state index < -0.39 is 20.9 Å². The van der Waals surface area contributed by atoms with Gasteiger partial charge in [0.05, 0.1) is 6.04 Å². The Morgan fingerprint density at radius 2 is 1.88 bits per heavy atom. The normalized spacial score (nSPS) is 29.9. The van der Waals surface area contributed by atoms with Crippen molar-refractivity contribution in [2.24, 2.45) is 11.5 Å². The third kappa shape index (κ3) is 1.93. The van der Waals surface area contributed by atoms with Gasteiger partial charge in [0.25, 0.3) is 0 Å². The van der Waals surface area contributed by atoms with Gasteiger partial charge in [0.2, 0.25) is 10.0 Å². The van der Waals surface area contributed by atoms with Gasteiger partial charge in [-0.25, -0.2) is 12.7 Å². The molecule has 0 bridgehead atoms. The number of rotatable bonds is 4. The molecule has 1 aliphatic carbocycles. The van der Waals surface area contributed by atoms with Crippen LogP contribution >= 0.6 is 0 Å². The molecule has 4 N–H and O–H groups in total. The monoisotopic (exact) mass is 245 g/mol. The summed E-state index contributed by atoms with van der Waals surface area (Å²) in [4.78, 5) is -1.53. The molecule has 0 saturated heterocycles. The summed E-state index contributed by atoms with van der Waals surface area (Å²) in [7, 11) is -3.62. The van der Waals surface area contributed by atoms with Crippen molar-refractivity contribution in [3.05, 3.63) is 24.3 Å². The Hall–Kier alpha value is -0.690. The zero-order chi connectivity index (χ0) is 12.4. The number of sulfonamides is 1. The topological polar surface area (TPSA) is 89.4 Å². The molecule has 0 radical (unpaired) electrons. The zero-order valence-electron chi connectivity index (χ0n) is 9.63. The Kier molecular flexibility index (Phi) is 3.90. The fraction of sp³-hybridized carbons (Fsp3) is 0.600. The van der Waals surface area contributed by atoms with Gasteiger partial charge in [-0.2, -0.15) is 0 Å². The van der Waals surface area contributed by atoms with Gasteiger partial charge in [-0.3, -0.25) is 0 Å². The van der Waals surface area contributed by atoms with E-state index in [2.05, 4.69) is 0 Å². The zero-order valence-corrected chi connectivity index (χ0v) is 10.4. The van der Waals surface area contributed by atoms with Crippen molar-refractivity contribution in [2.45, 2.75) is 24.8 Å². The summed E-state index contributed by atoms with van der Waals surface area (Å²) in [5, 5.41) is 0. The van der Waals surface area contributed by atoms with E-state index in [9.17, 15) is 8.42 Å². The van der Waals surface area contributed by atoms with Gasteiger partial charge in [-0.1, -0.05) is 32.1 Å². The average molecular weight is 245 g/mol. The van der Waals surface area contributed by atoms with Crippen molar-refractivity contribution in [2.75, 3.05) is 13.1 Å². The summed E-state index contributed by atoms with van der Waals surface area (Å²) in [5.74, 6) is 0. The van der Waals surface area contributed by atoms with Crippen LogP contribution in [0.5, 0.6) is 0 Å². The summed E-state index contributed by atoms with van der Waals surface area (Å²) in [6.07, 6.45) is 6.37. The molecule has 16 heavy (non-hydrogen) atoms. The molecule has 0 heterocycles. The Morgan fingerprint density at radius 1 is 1.31 bits per heavy atom. The molecule has 92 valence electrons. The fourth-order valence-electron chi connectivity index (χ4n) is 1.70. The van der Waals surface area contributed by atoms with Gasteiger partial charge in [-0.15, -0.1) is 0 Å². The van der Waals surface area contributed by atoms with E-state index in [4.69, 9.17) is 11.5 Å². The van der Waals surface area contributed by atoms with Gasteiger partial charge in [0.1, 0.15) is 0 Å². The maximum atomic E-state index is 12.3. The van der Waals surface area contributed by atoms with E-state index in [0.29, 0.717) is 13.1 Å². The first-order valence-corrected chi connectivity index (χ1v) is 6.74. The molecule has 0 saturated carbocycles. The first-order valence-electron chi connectivity index (χ1n) is 5.30. The lowest BCUT2D eigenvalue weighted by atomic mass is 10.0. The van der Waals surface area contributed by atoms with E-state index in [1.807, 2.05) is 0 Å². The average Bonchev–Trinajstić information content (AvgIpc) is 2.23. The van der Waals surface area contributed by atoms with Crippen molar-refractivity contribution in [3.8, 4) is 0 Å². The van der Waals surface area contributed by atoms with Crippen LogP contribution in [-0.2, 0) is 10.0 Å². The Bertz CT molecular complexity index is 398. The summed E-state index contributed by atoms with van der Waals surface area (Å²) < 4.78 is 26.0. The molecule has 2 atom stereocenters. The SMILES string of the molecule is CCN(CC)S(=O)(=O)C1(N)C=CC=CC1N. The molecular formula is C10H19N3O2S. The second kappa shape index (κ2) is 4.67. The largest absolute Gasteiger partial charge is 0.322 e. The number of hydrogen-bond donors (Lipinski definition) is 2. The van der Waals surface area contributed by atoms with Crippen LogP contribution < -0.4 is 11.5 Å². The minimum atomic E-state index is -3.62. The first kappa shape index (κ1) is 13.4. The molecule has 0 aromatic heterocycles. The lowest BCUT2D eigenvalue weighted by molar-refractivity contribution is 0.414. The molecule has 0 amide bonds. The Labute approximate surface area is 96.8 Å². The van der Waals surface area contributed by atoms with Gasteiger partial charge in [-0.05, 0) is 6.08 Å². The van der Waals surface area contributed by atoms with Crippen molar-refractivity contribution in [1.82, 2.24) is 4.31 Å². The van der Waals surface area contributed by atoms with Crippen LogP contribution in [0.4, 0.5) is 0 Å². The molecule has 1 aliphatic rings. The van der Waals surface area contributed by atoms with Crippen LogP contribution in [0.3, 0.4) is 0 Å². The quantitative estimate of drug-likeness (QED) is 0.715. The summed E-state index contributed by atoms with van der Waals surface area (Å²) >= 11 is 0. The summed E-state index contributed by atoms with van der Waals surface area (Å²) in [5.41, 5.74) is 11.7. The van der Waals surface area contributed by atoms with E-state index in [0.717, 1.165) is 0 Å². The second-order valence-electron chi connectivity index (χ2n) is 3.71. The van der Waals surface area contributed by atoms with E-state index in [-0.39, 0.29) is 0 Å². The highest BCUT2D eigenvalue weighted by molar-refractivity contribution is 7.90. The van der Waals surface area contributed by atoms with Gasteiger partial charge < -0.3 is 11.5 Å². The minimum absolute atomic E-state index is 0.391. The van der Waals surface area contributed by atoms with E-state index in [1.165, 1.54) is 10.4 Å². The number of nitrogens with two attached hydrogens (primary N) is 2. The molecule has 0 fully saturated rings. The predicted octanol–water partition coefficient (Wildman–Crippen LogP) is -0.234. The van der Waals surface area contributed by atoms with Crippen LogP contribution in [0.2, 0.25) is 0 Å². The smallest absolute Gasteiger partial charge is 0.238 e. The highest BCUT2D eigenvalue weighted by Gasteiger charge is 2.45. The number of allylic oxidation sites excluding steroid dienone is 2. The van der Waals surface area contributed by atoms with Crippen LogP contribution in [0.1, 0.15) is 13.8 Å². The molecule has 0 aromatic carbocycles. The lowest BCUT2D eigenvalue weighted by Crippen LogP contribution is -2.63. The van der Waals surface area contributed by atoms with Gasteiger partial charge in [0, 0.05) is 13.1 Å². The number of hydrogen-bond acceptors (Lipinski definition) is 4. The van der Waals surface area contributed by atoms with Gasteiger partial charge >= 0.3 is 0 Å². The van der Waals surface area contributed by atoms with E-state index >= 15 is 0 Å². The van der Waals surface area contributed by atoms with Crippen LogP contribution in [0.25, 0.3) is 0 Å². The van der Waals surface area contributed by atoms with Crippen molar-refractivity contribution >= 4 is 10.0 Å². The summed E-state index contributed by atoms with van der Waals surface area (Å²) in [6.45, 7) is 4.33. The third-order valence-corrected chi connectivity index (χ3v) is 5.30. The standard InChI is InChI=1S/C10H19N3O2S/c1-3-13(4-2)16(14,15)10(12)8-6-5-7-9(10)11/h5-9H,3-4,11-12H2,1-2H3. The molecule has 0 aromatic rings. The molecule has 2 unspecified atom stereocenters. The molecule has 0 spiro atoms. The van der Waals surface area contributed by atoms with Crippen molar-refractivity contribution < 1.29 is 8.42 Å². The maximum Gasteiger partial charge on any atom is 0.238 e. The third-order valence-electron chi connectivity index (χ3n) is 2.80. The number of nitrogens with zero attached hydrogens (tertiary/aromatic N) is 1. The van der Waals surface area contributed by atoms with Crippen LogP contribution in [0, 0.1) is 0 Å². The van der Waals surface area contributed by atoms with Crippen molar-refractivity contribution in [3.63, 3.8) is 0 Å². The molecular weight excluding hydrogens is 226 g/mol. The highest BCUT2D eigenvalue weighted by atomic mass is 32.2.